The van der Waals surface area contributed by atoms with E-state index in [1.165, 1.54) is 6.07 Å². The van der Waals surface area contributed by atoms with E-state index in [1.807, 2.05) is 6.07 Å². The Morgan fingerprint density at radius 3 is 2.48 bits per heavy atom. The highest BCUT2D eigenvalue weighted by Gasteiger charge is 2.38. The smallest absolute Gasteiger partial charge is 0.382 e. The topological polar surface area (TPSA) is 49.3 Å². The molecule has 112 valence electrons. The standard InChI is InChI=1S/C14H11BrF3NO2/c15-11-4-3-8-5-10(2-1-9(8)6-11)13(21)19-7-12(20)14(16,17)18/h1-6,12,20H,7H2,(H,19,21). The zero-order valence-corrected chi connectivity index (χ0v) is 12.2. The van der Waals surface area contributed by atoms with E-state index in [4.69, 9.17) is 5.11 Å². The van der Waals surface area contributed by atoms with Crippen LogP contribution in [0.3, 0.4) is 0 Å². The van der Waals surface area contributed by atoms with E-state index in [2.05, 4.69) is 21.2 Å². The number of hydrogen-bond acceptors (Lipinski definition) is 2. The van der Waals surface area contributed by atoms with Gasteiger partial charge in [-0.15, -0.1) is 0 Å². The third-order valence-electron chi connectivity index (χ3n) is 2.90. The summed E-state index contributed by atoms with van der Waals surface area (Å²) in [6.07, 6.45) is -7.32. The number of amides is 1. The normalized spacial score (nSPS) is 13.2. The number of aliphatic hydroxyl groups is 1. The molecule has 21 heavy (non-hydrogen) atoms. The molecule has 1 unspecified atom stereocenters. The molecule has 7 heteroatoms. The van der Waals surface area contributed by atoms with Crippen LogP contribution in [0.15, 0.2) is 40.9 Å². The number of benzene rings is 2. The third-order valence-corrected chi connectivity index (χ3v) is 3.39. The van der Waals surface area contributed by atoms with Crippen LogP contribution in [0.1, 0.15) is 10.4 Å². The molecule has 2 aromatic rings. The van der Waals surface area contributed by atoms with Gasteiger partial charge in [0.25, 0.3) is 5.91 Å². The lowest BCUT2D eigenvalue weighted by Crippen LogP contribution is -2.40. The first-order chi connectivity index (χ1) is 9.77. The first-order valence-corrected chi connectivity index (χ1v) is 6.79. The van der Waals surface area contributed by atoms with Gasteiger partial charge in [0.05, 0.1) is 6.54 Å². The monoisotopic (exact) mass is 361 g/mol. The summed E-state index contributed by atoms with van der Waals surface area (Å²) >= 11 is 3.33. The summed E-state index contributed by atoms with van der Waals surface area (Å²) in [5.41, 5.74) is 0.235. The maximum absolute atomic E-state index is 12.1. The van der Waals surface area contributed by atoms with E-state index in [9.17, 15) is 18.0 Å². The maximum Gasteiger partial charge on any atom is 0.416 e. The van der Waals surface area contributed by atoms with Crippen molar-refractivity contribution in [2.24, 2.45) is 0 Å². The third kappa shape index (κ3) is 3.95. The van der Waals surface area contributed by atoms with E-state index in [0.29, 0.717) is 0 Å². The molecule has 0 aliphatic rings. The summed E-state index contributed by atoms with van der Waals surface area (Å²) < 4.78 is 37.3. The van der Waals surface area contributed by atoms with Crippen molar-refractivity contribution in [2.45, 2.75) is 12.3 Å². The molecule has 0 saturated carbocycles. The van der Waals surface area contributed by atoms with Crippen LogP contribution in [0.25, 0.3) is 10.8 Å². The predicted molar refractivity (Wildman–Crippen MR) is 76.0 cm³/mol. The number of carbonyl (C=O) groups excluding carboxylic acids is 1. The van der Waals surface area contributed by atoms with Crippen molar-refractivity contribution in [3.63, 3.8) is 0 Å². The van der Waals surface area contributed by atoms with Gasteiger partial charge in [-0.3, -0.25) is 4.79 Å². The summed E-state index contributed by atoms with van der Waals surface area (Å²) in [6.45, 7) is -0.874. The Balaban J connectivity index is 2.11. The van der Waals surface area contributed by atoms with E-state index in [1.54, 1.807) is 24.3 Å². The molecule has 1 atom stereocenters. The van der Waals surface area contributed by atoms with Gasteiger partial charge in [-0.2, -0.15) is 13.2 Å². The number of rotatable bonds is 3. The van der Waals surface area contributed by atoms with Crippen molar-refractivity contribution in [3.05, 3.63) is 46.4 Å². The molecular weight excluding hydrogens is 351 g/mol. The quantitative estimate of drug-likeness (QED) is 0.881. The van der Waals surface area contributed by atoms with Gasteiger partial charge in [-0.1, -0.05) is 28.1 Å². The number of nitrogens with one attached hydrogen (secondary N) is 1. The highest BCUT2D eigenvalue weighted by molar-refractivity contribution is 9.10. The minimum absolute atomic E-state index is 0.235. The molecule has 0 aliphatic carbocycles. The van der Waals surface area contributed by atoms with Crippen LogP contribution in [-0.2, 0) is 0 Å². The largest absolute Gasteiger partial charge is 0.416 e. The van der Waals surface area contributed by atoms with Gasteiger partial charge in [0.1, 0.15) is 0 Å². The molecule has 0 heterocycles. The molecule has 3 nitrogen and oxygen atoms in total. The van der Waals surface area contributed by atoms with Crippen LogP contribution in [0.5, 0.6) is 0 Å². The Hall–Kier alpha value is -1.60. The van der Waals surface area contributed by atoms with Crippen LogP contribution in [0.2, 0.25) is 0 Å². The van der Waals surface area contributed by atoms with E-state index in [-0.39, 0.29) is 5.56 Å². The summed E-state index contributed by atoms with van der Waals surface area (Å²) in [5.74, 6) is -0.664. The molecule has 0 fully saturated rings. The molecule has 2 N–H and O–H groups in total. The lowest BCUT2D eigenvalue weighted by Gasteiger charge is -2.15. The second-order valence-corrected chi connectivity index (χ2v) is 5.39. The minimum Gasteiger partial charge on any atom is -0.382 e. The molecule has 1 amide bonds. The van der Waals surface area contributed by atoms with Crippen LogP contribution in [0, 0.1) is 0 Å². The Labute approximate surface area is 126 Å². The van der Waals surface area contributed by atoms with Crippen molar-refractivity contribution < 1.29 is 23.1 Å². The Kier molecular flexibility index (Phi) is 4.53. The summed E-state index contributed by atoms with van der Waals surface area (Å²) in [5, 5.41) is 12.6. The number of carbonyl (C=O) groups is 1. The molecule has 0 aliphatic heterocycles. The highest BCUT2D eigenvalue weighted by atomic mass is 79.9. The minimum atomic E-state index is -4.75. The average molecular weight is 362 g/mol. The van der Waals surface area contributed by atoms with Crippen LogP contribution < -0.4 is 5.32 Å². The van der Waals surface area contributed by atoms with Gasteiger partial charge < -0.3 is 10.4 Å². The summed E-state index contributed by atoms with van der Waals surface area (Å²) in [6, 6.07) is 10.3. The Morgan fingerprint density at radius 2 is 1.81 bits per heavy atom. The summed E-state index contributed by atoms with van der Waals surface area (Å²) in [7, 11) is 0. The average Bonchev–Trinajstić information content (AvgIpc) is 2.42. The maximum atomic E-state index is 12.1. The second-order valence-electron chi connectivity index (χ2n) is 4.47. The van der Waals surface area contributed by atoms with Gasteiger partial charge in [-0.05, 0) is 35.0 Å². The van der Waals surface area contributed by atoms with Gasteiger partial charge >= 0.3 is 6.18 Å². The molecule has 0 saturated heterocycles. The van der Waals surface area contributed by atoms with Crippen LogP contribution >= 0.6 is 15.9 Å². The molecular formula is C14H11BrF3NO2. The molecule has 0 aromatic heterocycles. The van der Waals surface area contributed by atoms with Crippen molar-refractivity contribution in [1.29, 1.82) is 0 Å². The molecule has 2 rings (SSSR count). The van der Waals surface area contributed by atoms with Crippen LogP contribution in [-0.4, -0.2) is 29.8 Å². The fourth-order valence-electron chi connectivity index (χ4n) is 1.76. The first kappa shape index (κ1) is 15.8. The highest BCUT2D eigenvalue weighted by Crippen LogP contribution is 2.21. The van der Waals surface area contributed by atoms with E-state index >= 15 is 0 Å². The van der Waals surface area contributed by atoms with Crippen molar-refractivity contribution >= 4 is 32.6 Å². The predicted octanol–water partition coefficient (Wildman–Crippen LogP) is 3.26. The number of alkyl halides is 3. The van der Waals surface area contributed by atoms with E-state index < -0.39 is 24.7 Å². The zero-order chi connectivity index (χ0) is 15.6. The number of aliphatic hydroxyl groups excluding tert-OH is 1. The molecule has 0 bridgehead atoms. The fraction of sp³-hybridized carbons (Fsp3) is 0.214. The number of hydrogen-bond donors (Lipinski definition) is 2. The molecule has 0 radical (unpaired) electrons. The van der Waals surface area contributed by atoms with Gasteiger partial charge in [0, 0.05) is 10.0 Å². The lowest BCUT2D eigenvalue weighted by atomic mass is 10.1. The molecule has 2 aromatic carbocycles. The van der Waals surface area contributed by atoms with Crippen molar-refractivity contribution in [2.75, 3.05) is 6.54 Å². The number of halogens is 4. The van der Waals surface area contributed by atoms with Gasteiger partial charge in [-0.25, -0.2) is 0 Å². The zero-order valence-electron chi connectivity index (χ0n) is 10.6. The SMILES string of the molecule is O=C(NCC(O)C(F)(F)F)c1ccc2cc(Br)ccc2c1. The fourth-order valence-corrected chi connectivity index (χ4v) is 2.14. The van der Waals surface area contributed by atoms with Crippen molar-refractivity contribution in [1.82, 2.24) is 5.32 Å². The van der Waals surface area contributed by atoms with E-state index in [0.717, 1.165) is 15.2 Å². The van der Waals surface area contributed by atoms with Gasteiger partial charge in [0.2, 0.25) is 0 Å². The first-order valence-electron chi connectivity index (χ1n) is 5.99. The summed E-state index contributed by atoms with van der Waals surface area (Å²) in [4.78, 5) is 11.8. The molecule has 0 spiro atoms. The van der Waals surface area contributed by atoms with Crippen LogP contribution in [0.4, 0.5) is 13.2 Å². The Morgan fingerprint density at radius 1 is 1.19 bits per heavy atom. The second kappa shape index (κ2) is 6.03. The van der Waals surface area contributed by atoms with Gasteiger partial charge in [0.15, 0.2) is 6.10 Å². The number of fused-ring (bicyclic) bond motifs is 1. The Bertz CT molecular complexity index is 673. The van der Waals surface area contributed by atoms with Crippen molar-refractivity contribution in [3.8, 4) is 0 Å². The lowest BCUT2D eigenvalue weighted by molar-refractivity contribution is -0.201.